The fraction of sp³-hybridized carbons (Fsp3) is 0.889. The molecule has 0 aliphatic carbocycles. The Hall–Kier alpha value is -1.38. The molecule has 1 aliphatic heterocycles. The van der Waals surface area contributed by atoms with Gasteiger partial charge >= 0.3 is 12.3 Å². The molecule has 0 aromatic rings. The third-order valence-electron chi connectivity index (χ3n) is 3.93. The average Bonchev–Trinajstić information content (AvgIpc) is 2.49. The molecule has 0 saturated carbocycles. The van der Waals surface area contributed by atoms with Gasteiger partial charge in [0.2, 0.25) is 0 Å². The largest absolute Gasteiger partial charge is 0.519 e. The van der Waals surface area contributed by atoms with E-state index >= 15 is 0 Å². The summed E-state index contributed by atoms with van der Waals surface area (Å²) in [5.41, 5.74) is -1.50. The van der Waals surface area contributed by atoms with Crippen molar-refractivity contribution in [3.8, 4) is 0 Å². The molecule has 1 fully saturated rings. The van der Waals surface area contributed by atoms with E-state index in [0.29, 0.717) is 13.0 Å². The molecule has 0 bridgehead atoms. The molecule has 0 unspecified atom stereocenters. The zero-order valence-corrected chi connectivity index (χ0v) is 16.6. The molecule has 0 radical (unpaired) electrons. The van der Waals surface area contributed by atoms with E-state index in [4.69, 9.17) is 19.3 Å². The summed E-state index contributed by atoms with van der Waals surface area (Å²) in [7, 11) is 0. The van der Waals surface area contributed by atoms with Crippen LogP contribution in [0.3, 0.4) is 0 Å². The van der Waals surface area contributed by atoms with Crippen molar-refractivity contribution in [2.24, 2.45) is 0 Å². The Balaban J connectivity index is 2.29. The summed E-state index contributed by atoms with van der Waals surface area (Å²) in [6, 6.07) is 0. The van der Waals surface area contributed by atoms with Gasteiger partial charge in [-0.15, -0.1) is 0 Å². The Morgan fingerprint density at radius 2 is 1.62 bits per heavy atom. The highest BCUT2D eigenvalue weighted by Gasteiger charge is 2.29. The number of piperidine rings is 1. The van der Waals surface area contributed by atoms with Crippen LogP contribution in [0.2, 0.25) is 0 Å². The minimum Gasteiger partial charge on any atom is -0.428 e. The lowest BCUT2D eigenvalue weighted by molar-refractivity contribution is -0.0417. The second kappa shape index (κ2) is 10.1. The average molecular weight is 375 g/mol. The number of likely N-dealkylation sites (tertiary alicyclic amines) is 1. The lowest BCUT2D eigenvalue weighted by Gasteiger charge is -2.34. The highest BCUT2D eigenvalue weighted by molar-refractivity contribution is 5.77. The first-order chi connectivity index (χ1) is 12.0. The zero-order chi connectivity index (χ0) is 19.8. The molecule has 26 heavy (non-hydrogen) atoms. The zero-order valence-electron chi connectivity index (χ0n) is 16.6. The van der Waals surface area contributed by atoms with Crippen LogP contribution in [-0.4, -0.2) is 72.5 Å². The van der Waals surface area contributed by atoms with Crippen molar-refractivity contribution in [2.75, 3.05) is 32.8 Å². The van der Waals surface area contributed by atoms with Crippen LogP contribution in [0, 0.1) is 0 Å². The van der Waals surface area contributed by atoms with Crippen LogP contribution in [-0.2, 0) is 18.9 Å². The highest BCUT2D eigenvalue weighted by atomic mass is 16.8. The molecular weight excluding hydrogens is 342 g/mol. The minimum atomic E-state index is -1.07. The number of aliphatic hydroxyl groups is 1. The van der Waals surface area contributed by atoms with Gasteiger partial charge in [-0.3, -0.25) is 0 Å². The van der Waals surface area contributed by atoms with Gasteiger partial charge in [0.15, 0.2) is 0 Å². The van der Waals surface area contributed by atoms with E-state index in [1.54, 1.807) is 34.6 Å². The summed E-state index contributed by atoms with van der Waals surface area (Å²) in [5.74, 6) is 0. The Morgan fingerprint density at radius 1 is 1.04 bits per heavy atom. The van der Waals surface area contributed by atoms with Gasteiger partial charge < -0.3 is 29.0 Å². The van der Waals surface area contributed by atoms with Crippen molar-refractivity contribution in [1.82, 2.24) is 4.90 Å². The Bertz CT molecular complexity index is 451. The van der Waals surface area contributed by atoms with E-state index in [1.165, 1.54) is 0 Å². The summed E-state index contributed by atoms with van der Waals surface area (Å²) in [6.45, 7) is 11.6. The Morgan fingerprint density at radius 3 is 2.15 bits per heavy atom. The Labute approximate surface area is 155 Å². The monoisotopic (exact) mass is 375 g/mol. The topological polar surface area (TPSA) is 94.5 Å². The quantitative estimate of drug-likeness (QED) is 0.536. The van der Waals surface area contributed by atoms with Crippen LogP contribution in [0.4, 0.5) is 9.59 Å². The van der Waals surface area contributed by atoms with Gasteiger partial charge in [-0.2, -0.15) is 0 Å². The molecule has 0 amide bonds. The molecule has 0 spiro atoms. The molecule has 0 aromatic heterocycles. The predicted octanol–water partition coefficient (Wildman–Crippen LogP) is 2.72. The van der Waals surface area contributed by atoms with Crippen LogP contribution >= 0.6 is 0 Å². The van der Waals surface area contributed by atoms with E-state index < -0.39 is 23.5 Å². The predicted molar refractivity (Wildman–Crippen MR) is 95.0 cm³/mol. The number of rotatable bonds is 7. The summed E-state index contributed by atoms with van der Waals surface area (Å²) < 4.78 is 20.2. The molecule has 1 heterocycles. The number of nitrogens with zero attached hydrogens (tertiary/aromatic N) is 1. The molecule has 1 N–H and O–H groups in total. The lowest BCUT2D eigenvalue weighted by atomic mass is 10.0. The maximum atomic E-state index is 11.8. The minimum absolute atomic E-state index is 0.0468. The molecule has 1 aliphatic rings. The van der Waals surface area contributed by atoms with Gasteiger partial charge in [-0.1, -0.05) is 0 Å². The number of carbonyl (C=O) groups excluding carboxylic acids is 2. The summed E-state index contributed by atoms with van der Waals surface area (Å²) >= 11 is 0. The van der Waals surface area contributed by atoms with Gasteiger partial charge in [0, 0.05) is 19.6 Å². The van der Waals surface area contributed by atoms with Crippen molar-refractivity contribution in [2.45, 2.75) is 71.2 Å². The van der Waals surface area contributed by atoms with Gasteiger partial charge in [0.1, 0.15) is 11.2 Å². The molecule has 8 nitrogen and oxygen atoms in total. The molecular formula is C18H33NO7. The third-order valence-corrected chi connectivity index (χ3v) is 3.93. The third kappa shape index (κ3) is 9.94. The van der Waals surface area contributed by atoms with Crippen LogP contribution in [0.1, 0.15) is 53.9 Å². The molecule has 1 saturated heterocycles. The van der Waals surface area contributed by atoms with Crippen LogP contribution in [0.25, 0.3) is 0 Å². The molecule has 0 aromatic carbocycles. The van der Waals surface area contributed by atoms with Gasteiger partial charge in [-0.25, -0.2) is 9.59 Å². The van der Waals surface area contributed by atoms with Gasteiger partial charge in [0.05, 0.1) is 19.3 Å². The number of aliphatic hydroxyl groups excluding tert-OH is 1. The maximum absolute atomic E-state index is 11.8. The first kappa shape index (κ1) is 22.7. The fourth-order valence-electron chi connectivity index (χ4n) is 2.58. The maximum Gasteiger partial charge on any atom is 0.519 e. The normalized spacial score (nSPS) is 17.0. The first-order valence-corrected chi connectivity index (χ1v) is 9.09. The molecule has 1 rings (SSSR count). The van der Waals surface area contributed by atoms with Crippen molar-refractivity contribution in [3.05, 3.63) is 0 Å². The van der Waals surface area contributed by atoms with E-state index in [-0.39, 0.29) is 12.7 Å². The fourth-order valence-corrected chi connectivity index (χ4v) is 2.58. The van der Waals surface area contributed by atoms with Crippen LogP contribution in [0.15, 0.2) is 0 Å². The SMILES string of the molecule is CC(C)(C)OC(=O)OC(=O)OC(C)(C)CCN1CCC(OCCO)CC1. The molecule has 152 valence electrons. The standard InChI is InChI=1S/C18H33NO7/c1-17(2,3)25-15(21)24-16(22)26-18(4,5)8-11-19-9-6-14(7-10-19)23-13-12-20/h14,20H,6-13H2,1-5H3. The van der Waals surface area contributed by atoms with Crippen LogP contribution in [0.5, 0.6) is 0 Å². The summed E-state index contributed by atoms with van der Waals surface area (Å²) in [6.07, 6.45) is 0.526. The van der Waals surface area contributed by atoms with Gasteiger partial charge in [0.25, 0.3) is 0 Å². The number of hydrogen-bond donors (Lipinski definition) is 1. The highest BCUT2D eigenvalue weighted by Crippen LogP contribution is 2.20. The van der Waals surface area contributed by atoms with Crippen molar-refractivity contribution >= 4 is 12.3 Å². The van der Waals surface area contributed by atoms with E-state index in [0.717, 1.165) is 32.5 Å². The molecule has 8 heteroatoms. The second-order valence-electron chi connectivity index (χ2n) is 8.06. The summed E-state index contributed by atoms with van der Waals surface area (Å²) in [5, 5.41) is 8.79. The number of hydrogen-bond acceptors (Lipinski definition) is 8. The number of ether oxygens (including phenoxy) is 4. The van der Waals surface area contributed by atoms with Crippen molar-refractivity contribution in [1.29, 1.82) is 0 Å². The van der Waals surface area contributed by atoms with E-state index in [2.05, 4.69) is 9.64 Å². The number of carbonyl (C=O) groups is 2. The smallest absolute Gasteiger partial charge is 0.428 e. The first-order valence-electron chi connectivity index (χ1n) is 9.09. The lowest BCUT2D eigenvalue weighted by Crippen LogP contribution is -2.41. The van der Waals surface area contributed by atoms with Gasteiger partial charge in [-0.05, 0) is 53.9 Å². The molecule has 0 atom stereocenters. The Kier molecular flexibility index (Phi) is 8.79. The van der Waals surface area contributed by atoms with Crippen molar-refractivity contribution in [3.63, 3.8) is 0 Å². The van der Waals surface area contributed by atoms with Crippen LogP contribution < -0.4 is 0 Å². The van der Waals surface area contributed by atoms with E-state index in [9.17, 15) is 9.59 Å². The van der Waals surface area contributed by atoms with E-state index in [1.807, 2.05) is 0 Å². The summed E-state index contributed by atoms with van der Waals surface area (Å²) in [4.78, 5) is 25.5. The van der Waals surface area contributed by atoms with Crippen molar-refractivity contribution < 1.29 is 33.6 Å². The second-order valence-corrected chi connectivity index (χ2v) is 8.06.